The predicted octanol–water partition coefficient (Wildman–Crippen LogP) is 4.51. The summed E-state index contributed by atoms with van der Waals surface area (Å²) >= 11 is 0. The lowest BCUT2D eigenvalue weighted by atomic mass is 9.87. The van der Waals surface area contributed by atoms with Crippen molar-refractivity contribution in [3.05, 3.63) is 59.3 Å². The number of ether oxygens (including phenoxy) is 2. The number of nitrogens with one attached hydrogen (secondary N) is 2. The number of carbonyl (C=O) groups is 1. The zero-order valence-corrected chi connectivity index (χ0v) is 16.5. The molecule has 2 heterocycles. The van der Waals surface area contributed by atoms with Gasteiger partial charge in [-0.3, -0.25) is 4.79 Å². The second-order valence-corrected chi connectivity index (χ2v) is 7.53. The maximum atomic E-state index is 12.6. The van der Waals surface area contributed by atoms with Crippen LogP contribution in [0.1, 0.15) is 49.8 Å². The fraction of sp³-hybridized carbons (Fsp3) is 0.348. The molecule has 0 saturated carbocycles. The van der Waals surface area contributed by atoms with E-state index in [4.69, 9.17) is 9.47 Å². The van der Waals surface area contributed by atoms with Crippen molar-refractivity contribution in [3.63, 3.8) is 0 Å². The third kappa shape index (κ3) is 3.44. The highest BCUT2D eigenvalue weighted by atomic mass is 16.7. The molecule has 5 heteroatoms. The number of aromatic amines is 1. The lowest BCUT2D eigenvalue weighted by molar-refractivity contribution is -0.121. The molecule has 1 aliphatic rings. The van der Waals surface area contributed by atoms with Gasteiger partial charge in [0.1, 0.15) is 0 Å². The van der Waals surface area contributed by atoms with Gasteiger partial charge in [0.05, 0.1) is 0 Å². The van der Waals surface area contributed by atoms with E-state index in [1.807, 2.05) is 38.2 Å². The van der Waals surface area contributed by atoms with E-state index in [0.29, 0.717) is 6.42 Å². The van der Waals surface area contributed by atoms with E-state index in [-0.39, 0.29) is 24.7 Å². The van der Waals surface area contributed by atoms with Gasteiger partial charge in [0.25, 0.3) is 0 Å². The summed E-state index contributed by atoms with van der Waals surface area (Å²) in [5.74, 6) is 1.45. The van der Waals surface area contributed by atoms with E-state index >= 15 is 0 Å². The Kier molecular flexibility index (Phi) is 4.99. The lowest BCUT2D eigenvalue weighted by Gasteiger charge is -2.19. The molecule has 1 unspecified atom stereocenters. The van der Waals surface area contributed by atoms with Crippen molar-refractivity contribution >= 4 is 16.8 Å². The van der Waals surface area contributed by atoms with E-state index in [1.165, 1.54) is 10.9 Å². The van der Waals surface area contributed by atoms with E-state index in [0.717, 1.165) is 34.6 Å². The van der Waals surface area contributed by atoms with E-state index in [9.17, 15) is 4.79 Å². The second-order valence-electron chi connectivity index (χ2n) is 7.53. The molecule has 3 aromatic rings. The van der Waals surface area contributed by atoms with Gasteiger partial charge in [-0.05, 0) is 49.1 Å². The molecule has 146 valence electrons. The maximum absolute atomic E-state index is 12.6. The number of carbonyl (C=O) groups excluding carboxylic acids is 1. The molecule has 0 radical (unpaired) electrons. The molecule has 2 N–H and O–H groups in total. The fourth-order valence-electron chi connectivity index (χ4n) is 3.93. The minimum atomic E-state index is -0.0749. The Morgan fingerprint density at radius 1 is 1.18 bits per heavy atom. The first-order valence-corrected chi connectivity index (χ1v) is 9.84. The largest absolute Gasteiger partial charge is 0.454 e. The van der Waals surface area contributed by atoms with Crippen LogP contribution in [0.4, 0.5) is 0 Å². The first-order valence-electron chi connectivity index (χ1n) is 9.84. The highest BCUT2D eigenvalue weighted by Crippen LogP contribution is 2.39. The van der Waals surface area contributed by atoms with Crippen molar-refractivity contribution in [2.45, 2.75) is 45.6 Å². The van der Waals surface area contributed by atoms with Crippen molar-refractivity contribution in [2.24, 2.45) is 0 Å². The first kappa shape index (κ1) is 18.4. The third-order valence-electron chi connectivity index (χ3n) is 5.23. The van der Waals surface area contributed by atoms with Gasteiger partial charge >= 0.3 is 0 Å². The van der Waals surface area contributed by atoms with Gasteiger partial charge in [-0.2, -0.15) is 0 Å². The van der Waals surface area contributed by atoms with Crippen LogP contribution >= 0.6 is 0 Å². The summed E-state index contributed by atoms with van der Waals surface area (Å²) in [6.45, 7) is 6.35. The number of hydrogen-bond acceptors (Lipinski definition) is 3. The molecule has 1 aliphatic heterocycles. The fourth-order valence-corrected chi connectivity index (χ4v) is 3.93. The number of H-pyrrole nitrogens is 1. The second kappa shape index (κ2) is 7.58. The van der Waals surface area contributed by atoms with Gasteiger partial charge < -0.3 is 19.8 Å². The average Bonchev–Trinajstić information content (AvgIpc) is 3.31. The standard InChI is InChI=1S/C23H26N2O3/c1-4-15-6-5-7-17-19(12-24-23(15)17)18(11-22(26)25-14(2)3)16-8-9-20-21(10-16)28-13-27-20/h5-10,12,14,18,24H,4,11,13H2,1-3H3,(H,25,26). The van der Waals surface area contributed by atoms with Crippen LogP contribution in [0.2, 0.25) is 0 Å². The number of benzene rings is 2. The molecule has 4 rings (SSSR count). The summed E-state index contributed by atoms with van der Waals surface area (Å²) in [7, 11) is 0. The zero-order chi connectivity index (χ0) is 19.7. The van der Waals surface area contributed by atoms with Crippen molar-refractivity contribution in [2.75, 3.05) is 6.79 Å². The van der Waals surface area contributed by atoms with Crippen LogP contribution in [0.15, 0.2) is 42.6 Å². The molecule has 1 atom stereocenters. The van der Waals surface area contributed by atoms with Crippen LogP contribution in [0, 0.1) is 0 Å². The number of para-hydroxylation sites is 1. The third-order valence-corrected chi connectivity index (χ3v) is 5.23. The molecule has 0 bridgehead atoms. The molecule has 0 spiro atoms. The Morgan fingerprint density at radius 2 is 2.00 bits per heavy atom. The molecule has 1 amide bonds. The Labute approximate surface area is 165 Å². The van der Waals surface area contributed by atoms with Crippen molar-refractivity contribution in [1.82, 2.24) is 10.3 Å². The first-order chi connectivity index (χ1) is 13.6. The number of hydrogen-bond donors (Lipinski definition) is 2. The highest BCUT2D eigenvalue weighted by Gasteiger charge is 2.24. The summed E-state index contributed by atoms with van der Waals surface area (Å²) < 4.78 is 11.0. The summed E-state index contributed by atoms with van der Waals surface area (Å²) in [6, 6.07) is 12.4. The molecular formula is C23H26N2O3. The molecule has 1 aromatic heterocycles. The number of rotatable bonds is 6. The summed E-state index contributed by atoms with van der Waals surface area (Å²) in [4.78, 5) is 16.1. The van der Waals surface area contributed by atoms with Gasteiger partial charge in [-0.25, -0.2) is 0 Å². The molecule has 0 fully saturated rings. The van der Waals surface area contributed by atoms with Gasteiger partial charge in [-0.1, -0.05) is 31.2 Å². The average molecular weight is 378 g/mol. The molecule has 5 nitrogen and oxygen atoms in total. The Morgan fingerprint density at radius 3 is 2.79 bits per heavy atom. The Bertz CT molecular complexity index is 1010. The number of amides is 1. The number of fused-ring (bicyclic) bond motifs is 2. The normalized spacial score (nSPS) is 13.9. The van der Waals surface area contributed by atoms with Crippen LogP contribution in [0.5, 0.6) is 11.5 Å². The maximum Gasteiger partial charge on any atom is 0.231 e. The Hall–Kier alpha value is -2.95. The minimum Gasteiger partial charge on any atom is -0.454 e. The monoisotopic (exact) mass is 378 g/mol. The van der Waals surface area contributed by atoms with Crippen LogP contribution in [0.25, 0.3) is 10.9 Å². The molecular weight excluding hydrogens is 352 g/mol. The predicted molar refractivity (Wildman–Crippen MR) is 110 cm³/mol. The summed E-state index contributed by atoms with van der Waals surface area (Å²) in [6.07, 6.45) is 3.38. The smallest absolute Gasteiger partial charge is 0.231 e. The quantitative estimate of drug-likeness (QED) is 0.664. The number of aryl methyl sites for hydroxylation is 1. The van der Waals surface area contributed by atoms with E-state index in [2.05, 4.69) is 35.4 Å². The highest BCUT2D eigenvalue weighted by molar-refractivity contribution is 5.88. The lowest BCUT2D eigenvalue weighted by Crippen LogP contribution is -2.31. The zero-order valence-electron chi connectivity index (χ0n) is 16.5. The van der Waals surface area contributed by atoms with Gasteiger partial charge in [0, 0.05) is 35.5 Å². The van der Waals surface area contributed by atoms with Crippen LogP contribution in [-0.2, 0) is 11.2 Å². The number of aromatic nitrogens is 1. The van der Waals surface area contributed by atoms with Crippen LogP contribution in [0.3, 0.4) is 0 Å². The molecule has 0 saturated heterocycles. The summed E-state index contributed by atoms with van der Waals surface area (Å²) in [5, 5.41) is 4.19. The topological polar surface area (TPSA) is 63.4 Å². The van der Waals surface area contributed by atoms with Crippen LogP contribution < -0.4 is 14.8 Å². The Balaban J connectivity index is 1.78. The van der Waals surface area contributed by atoms with E-state index < -0.39 is 0 Å². The summed E-state index contributed by atoms with van der Waals surface area (Å²) in [5.41, 5.74) is 4.60. The van der Waals surface area contributed by atoms with Gasteiger partial charge in [0.15, 0.2) is 11.5 Å². The molecule has 0 aliphatic carbocycles. The van der Waals surface area contributed by atoms with E-state index in [1.54, 1.807) is 0 Å². The van der Waals surface area contributed by atoms with Gasteiger partial charge in [-0.15, -0.1) is 0 Å². The molecule has 2 aromatic carbocycles. The SMILES string of the molecule is CCc1cccc2c(C(CC(=O)NC(C)C)c3ccc4c(c3)OCO4)c[nH]c12. The molecule has 28 heavy (non-hydrogen) atoms. The van der Waals surface area contributed by atoms with Crippen molar-refractivity contribution < 1.29 is 14.3 Å². The van der Waals surface area contributed by atoms with Crippen LogP contribution in [-0.4, -0.2) is 23.7 Å². The van der Waals surface area contributed by atoms with Gasteiger partial charge in [0.2, 0.25) is 12.7 Å². The van der Waals surface area contributed by atoms with Crippen molar-refractivity contribution in [3.8, 4) is 11.5 Å². The van der Waals surface area contributed by atoms with Crippen molar-refractivity contribution in [1.29, 1.82) is 0 Å². The minimum absolute atomic E-state index is 0.0404.